The summed E-state index contributed by atoms with van der Waals surface area (Å²) in [6, 6.07) is 0. The molecule has 0 bridgehead atoms. The molecule has 0 aliphatic heterocycles. The van der Waals surface area contributed by atoms with Gasteiger partial charge in [0, 0.05) is 11.9 Å². The van der Waals surface area contributed by atoms with Crippen LogP contribution >= 0.6 is 0 Å². The standard InChI is InChI=1S/2C4H8O2.Li.Na/c2*1-3(2)4(5)6;;/h2*3H,1-2H3,(H,5,6);;/q;;2*+1/p-2. The molecule has 4 nitrogen and oxygen atoms in total. The molecule has 0 aromatic rings. The summed E-state index contributed by atoms with van der Waals surface area (Å²) < 4.78 is 0. The van der Waals surface area contributed by atoms with Crippen molar-refractivity contribution in [2.24, 2.45) is 11.8 Å². The molecule has 0 unspecified atom stereocenters. The molecular weight excluding hydrogens is 190 g/mol. The van der Waals surface area contributed by atoms with Gasteiger partial charge in [0.25, 0.3) is 0 Å². The van der Waals surface area contributed by atoms with Crippen molar-refractivity contribution in [3.8, 4) is 0 Å². The summed E-state index contributed by atoms with van der Waals surface area (Å²) in [4.78, 5) is 19.2. The van der Waals surface area contributed by atoms with Crippen molar-refractivity contribution in [2.75, 3.05) is 0 Å². The van der Waals surface area contributed by atoms with Crippen LogP contribution in [0, 0.1) is 11.8 Å². The van der Waals surface area contributed by atoms with Crippen molar-refractivity contribution in [1.29, 1.82) is 0 Å². The number of hydrogen-bond donors (Lipinski definition) is 0. The number of carboxylic acid groups (broad SMARTS) is 2. The van der Waals surface area contributed by atoms with Crippen LogP contribution in [0.2, 0.25) is 0 Å². The number of aliphatic carboxylic acids is 2. The van der Waals surface area contributed by atoms with Gasteiger partial charge in [0.05, 0.1) is 0 Å². The van der Waals surface area contributed by atoms with Crippen LogP contribution in [0.4, 0.5) is 0 Å². The summed E-state index contributed by atoms with van der Waals surface area (Å²) in [6.45, 7) is 6.31. The molecule has 0 fully saturated rings. The molecule has 0 aliphatic carbocycles. The Hall–Kier alpha value is 0.537. The number of carboxylic acids is 2. The van der Waals surface area contributed by atoms with Crippen molar-refractivity contribution in [3.05, 3.63) is 0 Å². The Morgan fingerprint density at radius 2 is 0.929 bits per heavy atom. The van der Waals surface area contributed by atoms with Crippen molar-refractivity contribution >= 4 is 11.9 Å². The monoisotopic (exact) mass is 204 g/mol. The zero-order chi connectivity index (χ0) is 10.3. The second-order valence-corrected chi connectivity index (χ2v) is 2.95. The second-order valence-electron chi connectivity index (χ2n) is 2.95. The van der Waals surface area contributed by atoms with Gasteiger partial charge in [-0.25, -0.2) is 0 Å². The average Bonchev–Trinajstić information content (AvgIpc) is 1.88. The predicted molar refractivity (Wildman–Crippen MR) is 39.7 cm³/mol. The van der Waals surface area contributed by atoms with Crippen LogP contribution in [-0.2, 0) is 9.59 Å². The zero-order valence-electron chi connectivity index (χ0n) is 9.79. The molecule has 0 heterocycles. The van der Waals surface area contributed by atoms with Crippen LogP contribution in [0.3, 0.4) is 0 Å². The fourth-order valence-corrected chi connectivity index (χ4v) is 0. The van der Waals surface area contributed by atoms with Gasteiger partial charge in [-0.05, 0) is 11.8 Å². The number of hydrogen-bond acceptors (Lipinski definition) is 4. The second kappa shape index (κ2) is 13.5. The molecule has 14 heavy (non-hydrogen) atoms. The smallest absolute Gasteiger partial charge is 0.550 e. The van der Waals surface area contributed by atoms with Crippen molar-refractivity contribution in [1.82, 2.24) is 0 Å². The Balaban J connectivity index is -0.0000000625. The Morgan fingerprint density at radius 3 is 0.929 bits per heavy atom. The Morgan fingerprint density at radius 1 is 0.857 bits per heavy atom. The van der Waals surface area contributed by atoms with Crippen LogP contribution < -0.4 is 58.6 Å². The zero-order valence-corrected chi connectivity index (χ0v) is 11.8. The molecule has 0 amide bonds. The van der Waals surface area contributed by atoms with Gasteiger partial charge in [-0.1, -0.05) is 27.7 Å². The molecule has 0 N–H and O–H groups in total. The average molecular weight is 204 g/mol. The molecule has 0 spiro atoms. The molecule has 72 valence electrons. The Kier molecular flexibility index (Phi) is 23.2. The molecule has 0 saturated heterocycles. The van der Waals surface area contributed by atoms with Gasteiger partial charge < -0.3 is 19.8 Å². The first-order chi connectivity index (χ1) is 5.29. The van der Waals surface area contributed by atoms with Gasteiger partial charge in [0.1, 0.15) is 0 Å². The first-order valence-corrected chi connectivity index (χ1v) is 3.70. The van der Waals surface area contributed by atoms with Gasteiger partial charge in [0.15, 0.2) is 0 Å². The molecule has 0 rings (SSSR count). The Labute approximate surface area is 119 Å². The fourth-order valence-electron chi connectivity index (χ4n) is 0. The van der Waals surface area contributed by atoms with E-state index in [4.69, 9.17) is 0 Å². The molecule has 0 radical (unpaired) electrons. The van der Waals surface area contributed by atoms with Crippen molar-refractivity contribution < 1.29 is 68.2 Å². The van der Waals surface area contributed by atoms with E-state index in [-0.39, 0.29) is 60.3 Å². The van der Waals surface area contributed by atoms with Crippen molar-refractivity contribution in [3.63, 3.8) is 0 Å². The van der Waals surface area contributed by atoms with Gasteiger partial charge >= 0.3 is 48.4 Å². The maximum Gasteiger partial charge on any atom is 1.00 e. The predicted octanol–water partition coefficient (Wildman–Crippen LogP) is -7.21. The van der Waals surface area contributed by atoms with Crippen LogP contribution in [0.15, 0.2) is 0 Å². The van der Waals surface area contributed by atoms with E-state index in [0.717, 1.165) is 0 Å². The molecular formula is C8H14LiNaO4. The van der Waals surface area contributed by atoms with E-state index < -0.39 is 11.9 Å². The summed E-state index contributed by atoms with van der Waals surface area (Å²) in [5.41, 5.74) is 0. The van der Waals surface area contributed by atoms with E-state index in [1.165, 1.54) is 0 Å². The molecule has 0 atom stereocenters. The van der Waals surface area contributed by atoms with Gasteiger partial charge in [-0.2, -0.15) is 0 Å². The summed E-state index contributed by atoms with van der Waals surface area (Å²) in [7, 11) is 0. The summed E-state index contributed by atoms with van der Waals surface area (Å²) in [6.07, 6.45) is 0. The minimum Gasteiger partial charge on any atom is -0.550 e. The van der Waals surface area contributed by atoms with Crippen LogP contribution in [0.5, 0.6) is 0 Å². The first kappa shape index (κ1) is 24.0. The minimum absolute atomic E-state index is 0. The SMILES string of the molecule is CC(C)C(=O)[O-].CC(C)C(=O)[O-].[Li+].[Na+]. The van der Waals surface area contributed by atoms with Crippen LogP contribution in [0.25, 0.3) is 0 Å². The van der Waals surface area contributed by atoms with Gasteiger partial charge in [0.2, 0.25) is 0 Å². The molecule has 0 saturated carbocycles. The van der Waals surface area contributed by atoms with E-state index in [0.29, 0.717) is 0 Å². The van der Waals surface area contributed by atoms with Crippen LogP contribution in [-0.4, -0.2) is 11.9 Å². The molecule has 0 aliphatic rings. The number of carbonyl (C=O) groups excluding carboxylic acids is 2. The largest absolute Gasteiger partial charge is 1.00 e. The quantitative estimate of drug-likeness (QED) is 0.418. The maximum atomic E-state index is 9.59. The van der Waals surface area contributed by atoms with Gasteiger partial charge in [-0.3, -0.25) is 0 Å². The fraction of sp³-hybridized carbons (Fsp3) is 0.750. The minimum atomic E-state index is -0.991. The van der Waals surface area contributed by atoms with Gasteiger partial charge in [-0.15, -0.1) is 0 Å². The Bertz CT molecular complexity index is 141. The molecule has 6 heteroatoms. The summed E-state index contributed by atoms with van der Waals surface area (Å²) >= 11 is 0. The normalized spacial score (nSPS) is 7.86. The first-order valence-electron chi connectivity index (χ1n) is 3.70. The van der Waals surface area contributed by atoms with E-state index in [1.807, 2.05) is 0 Å². The van der Waals surface area contributed by atoms with E-state index >= 15 is 0 Å². The molecule has 0 aromatic carbocycles. The maximum absolute atomic E-state index is 9.59. The van der Waals surface area contributed by atoms with E-state index in [1.54, 1.807) is 27.7 Å². The number of rotatable bonds is 2. The summed E-state index contributed by atoms with van der Waals surface area (Å²) in [5, 5.41) is 19.2. The number of carbonyl (C=O) groups is 2. The molecule has 0 aromatic heterocycles. The van der Waals surface area contributed by atoms with E-state index in [2.05, 4.69) is 0 Å². The summed E-state index contributed by atoms with van der Waals surface area (Å²) in [5.74, 6) is -2.67. The topological polar surface area (TPSA) is 80.3 Å². The van der Waals surface area contributed by atoms with E-state index in [9.17, 15) is 19.8 Å². The van der Waals surface area contributed by atoms with Crippen LogP contribution in [0.1, 0.15) is 27.7 Å². The third-order valence-electron chi connectivity index (χ3n) is 0.943. The third kappa shape index (κ3) is 22.9. The third-order valence-corrected chi connectivity index (χ3v) is 0.943. The van der Waals surface area contributed by atoms with Crippen molar-refractivity contribution in [2.45, 2.75) is 27.7 Å².